The maximum Gasteiger partial charge on any atom is 0.248 e. The molecule has 1 aromatic heterocycles. The first-order valence-electron chi connectivity index (χ1n) is 4.66. The summed E-state index contributed by atoms with van der Waals surface area (Å²) in [6.07, 6.45) is 6.40. The highest BCUT2D eigenvalue weighted by Gasteiger charge is 2.00. The largest absolute Gasteiger partial charge is 0.298 e. The minimum Gasteiger partial charge on any atom is -0.298 e. The first-order chi connectivity index (χ1) is 6.38. The summed E-state index contributed by atoms with van der Waals surface area (Å²) in [5, 5.41) is 16.0. The fraction of sp³-hybridized carbons (Fsp3) is 0.750. The summed E-state index contributed by atoms with van der Waals surface area (Å²) < 4.78 is 1.80. The number of anilines is 1. The molecule has 74 valence electrons. The van der Waals surface area contributed by atoms with Crippen LogP contribution in [0.3, 0.4) is 0 Å². The molecule has 1 rings (SSSR count). The molecule has 0 amide bonds. The van der Waals surface area contributed by atoms with Gasteiger partial charge in [-0.1, -0.05) is 26.2 Å². The second-order valence-corrected chi connectivity index (χ2v) is 3.02. The number of aryl methyl sites for hydroxylation is 1. The Balaban J connectivity index is 2.27. The molecule has 0 aliphatic heterocycles. The Labute approximate surface area is 77.7 Å². The van der Waals surface area contributed by atoms with Gasteiger partial charge in [-0.05, 0) is 6.42 Å². The number of nitrogens with zero attached hydrogens (tertiary/aromatic N) is 3. The van der Waals surface area contributed by atoms with E-state index in [1.54, 1.807) is 10.9 Å². The standard InChI is InChI=1S/C8H16N4O/c1-2-3-4-5-6-12-7-9-10-8(12)11-13/h7,13H,2-6H2,1H3,(H,10,11). The fourth-order valence-electron chi connectivity index (χ4n) is 1.21. The zero-order valence-corrected chi connectivity index (χ0v) is 7.90. The molecule has 0 aliphatic carbocycles. The van der Waals surface area contributed by atoms with Crippen LogP contribution in [0.4, 0.5) is 5.95 Å². The van der Waals surface area contributed by atoms with Gasteiger partial charge in [0.15, 0.2) is 0 Å². The molecule has 0 aromatic carbocycles. The van der Waals surface area contributed by atoms with Crippen LogP contribution in [0.15, 0.2) is 6.33 Å². The van der Waals surface area contributed by atoms with Crippen LogP contribution >= 0.6 is 0 Å². The van der Waals surface area contributed by atoms with Crippen molar-refractivity contribution in [1.29, 1.82) is 0 Å². The molecule has 0 radical (unpaired) electrons. The van der Waals surface area contributed by atoms with Crippen molar-refractivity contribution in [1.82, 2.24) is 14.8 Å². The summed E-state index contributed by atoms with van der Waals surface area (Å²) in [6, 6.07) is 0. The zero-order chi connectivity index (χ0) is 9.52. The second kappa shape index (κ2) is 5.53. The molecular weight excluding hydrogens is 168 g/mol. The van der Waals surface area contributed by atoms with E-state index in [-0.39, 0.29) is 0 Å². The quantitative estimate of drug-likeness (QED) is 0.521. The van der Waals surface area contributed by atoms with Crippen LogP contribution in [0.1, 0.15) is 32.6 Å². The third-order valence-electron chi connectivity index (χ3n) is 1.97. The van der Waals surface area contributed by atoms with Gasteiger partial charge >= 0.3 is 0 Å². The molecule has 0 aliphatic rings. The average Bonchev–Trinajstić information content (AvgIpc) is 2.60. The van der Waals surface area contributed by atoms with E-state index >= 15 is 0 Å². The Kier molecular flexibility index (Phi) is 4.25. The molecule has 1 aromatic rings. The SMILES string of the molecule is CCCCCCn1cnnc1NO. The summed E-state index contributed by atoms with van der Waals surface area (Å²) in [4.78, 5) is 0. The van der Waals surface area contributed by atoms with Crippen LogP contribution < -0.4 is 5.48 Å². The van der Waals surface area contributed by atoms with Gasteiger partial charge < -0.3 is 0 Å². The smallest absolute Gasteiger partial charge is 0.248 e. The molecule has 1 heterocycles. The van der Waals surface area contributed by atoms with Gasteiger partial charge in [-0.3, -0.25) is 9.77 Å². The topological polar surface area (TPSA) is 63.0 Å². The Morgan fingerprint density at radius 2 is 2.31 bits per heavy atom. The highest BCUT2D eigenvalue weighted by molar-refractivity contribution is 5.18. The van der Waals surface area contributed by atoms with Crippen LogP contribution in [0, 0.1) is 0 Å². The van der Waals surface area contributed by atoms with Gasteiger partial charge in [0, 0.05) is 6.54 Å². The van der Waals surface area contributed by atoms with Crippen molar-refractivity contribution < 1.29 is 5.21 Å². The first-order valence-corrected chi connectivity index (χ1v) is 4.66. The zero-order valence-electron chi connectivity index (χ0n) is 7.90. The lowest BCUT2D eigenvalue weighted by Gasteiger charge is -2.03. The Morgan fingerprint density at radius 1 is 1.46 bits per heavy atom. The predicted molar refractivity (Wildman–Crippen MR) is 49.6 cm³/mol. The lowest BCUT2D eigenvalue weighted by atomic mass is 10.2. The minimum absolute atomic E-state index is 0.413. The second-order valence-electron chi connectivity index (χ2n) is 3.02. The van der Waals surface area contributed by atoms with Crippen LogP contribution in [-0.4, -0.2) is 20.0 Å². The molecular formula is C8H16N4O. The number of unbranched alkanes of at least 4 members (excludes halogenated alkanes) is 3. The Bertz CT molecular complexity index is 236. The predicted octanol–water partition coefficient (Wildman–Crippen LogP) is 1.66. The molecule has 0 spiro atoms. The molecule has 0 atom stereocenters. The van der Waals surface area contributed by atoms with Gasteiger partial charge in [0.25, 0.3) is 0 Å². The number of aromatic nitrogens is 3. The van der Waals surface area contributed by atoms with E-state index in [0.717, 1.165) is 13.0 Å². The van der Waals surface area contributed by atoms with Crippen LogP contribution in [0.5, 0.6) is 0 Å². The molecule has 2 N–H and O–H groups in total. The van der Waals surface area contributed by atoms with Gasteiger partial charge in [-0.25, -0.2) is 5.48 Å². The summed E-state index contributed by atoms with van der Waals surface area (Å²) in [6.45, 7) is 3.04. The highest BCUT2D eigenvalue weighted by Crippen LogP contribution is 2.05. The van der Waals surface area contributed by atoms with Gasteiger partial charge in [-0.2, -0.15) is 0 Å². The summed E-state index contributed by atoms with van der Waals surface area (Å²) in [7, 11) is 0. The van der Waals surface area contributed by atoms with Crippen molar-refractivity contribution in [2.45, 2.75) is 39.2 Å². The molecule has 0 saturated carbocycles. The Morgan fingerprint density at radius 3 is 3.00 bits per heavy atom. The summed E-state index contributed by atoms with van der Waals surface area (Å²) in [5.74, 6) is 0.413. The van der Waals surface area contributed by atoms with Crippen LogP contribution in [0.2, 0.25) is 0 Å². The van der Waals surface area contributed by atoms with Gasteiger partial charge in [-0.15, -0.1) is 10.2 Å². The number of hydrogen-bond acceptors (Lipinski definition) is 4. The number of hydrogen-bond donors (Lipinski definition) is 2. The van der Waals surface area contributed by atoms with Gasteiger partial charge in [0.1, 0.15) is 6.33 Å². The van der Waals surface area contributed by atoms with Crippen molar-refractivity contribution in [3.05, 3.63) is 6.33 Å². The van der Waals surface area contributed by atoms with Crippen molar-refractivity contribution in [3.63, 3.8) is 0 Å². The molecule has 0 bridgehead atoms. The molecule has 5 heteroatoms. The minimum atomic E-state index is 0.413. The van der Waals surface area contributed by atoms with E-state index < -0.39 is 0 Å². The molecule has 0 saturated heterocycles. The highest BCUT2D eigenvalue weighted by atomic mass is 16.5. The first kappa shape index (κ1) is 9.98. The summed E-state index contributed by atoms with van der Waals surface area (Å²) in [5.41, 5.74) is 2.01. The van der Waals surface area contributed by atoms with Crippen LogP contribution in [-0.2, 0) is 6.54 Å². The van der Waals surface area contributed by atoms with E-state index in [1.807, 2.05) is 5.48 Å². The normalized spacial score (nSPS) is 10.3. The lowest BCUT2D eigenvalue weighted by molar-refractivity contribution is 0.376. The molecule has 0 unspecified atom stereocenters. The van der Waals surface area contributed by atoms with E-state index in [2.05, 4.69) is 17.1 Å². The molecule has 0 fully saturated rings. The van der Waals surface area contributed by atoms with E-state index in [1.165, 1.54) is 19.3 Å². The maximum atomic E-state index is 8.64. The lowest BCUT2D eigenvalue weighted by Crippen LogP contribution is -2.03. The monoisotopic (exact) mass is 184 g/mol. The molecule has 5 nitrogen and oxygen atoms in total. The van der Waals surface area contributed by atoms with Crippen molar-refractivity contribution in [2.24, 2.45) is 0 Å². The van der Waals surface area contributed by atoms with Crippen molar-refractivity contribution >= 4 is 5.95 Å². The van der Waals surface area contributed by atoms with E-state index in [4.69, 9.17) is 5.21 Å². The van der Waals surface area contributed by atoms with E-state index in [9.17, 15) is 0 Å². The molecule has 13 heavy (non-hydrogen) atoms. The third kappa shape index (κ3) is 3.02. The van der Waals surface area contributed by atoms with Crippen LogP contribution in [0.25, 0.3) is 0 Å². The fourth-order valence-corrected chi connectivity index (χ4v) is 1.21. The summed E-state index contributed by atoms with van der Waals surface area (Å²) >= 11 is 0. The van der Waals surface area contributed by atoms with Crippen molar-refractivity contribution in [2.75, 3.05) is 5.48 Å². The van der Waals surface area contributed by atoms with E-state index in [0.29, 0.717) is 5.95 Å². The Hall–Kier alpha value is -1.10. The number of nitrogens with one attached hydrogen (secondary N) is 1. The van der Waals surface area contributed by atoms with Gasteiger partial charge in [0.05, 0.1) is 0 Å². The van der Waals surface area contributed by atoms with Gasteiger partial charge in [0.2, 0.25) is 5.95 Å². The number of rotatable bonds is 6. The van der Waals surface area contributed by atoms with Crippen molar-refractivity contribution in [3.8, 4) is 0 Å². The maximum absolute atomic E-state index is 8.64. The third-order valence-corrected chi connectivity index (χ3v) is 1.97. The average molecular weight is 184 g/mol.